The summed E-state index contributed by atoms with van der Waals surface area (Å²) in [6, 6.07) is 5.67. The first-order valence-corrected chi connectivity index (χ1v) is 12.7. The number of dihydropyridines is 1. The van der Waals surface area contributed by atoms with Crippen molar-refractivity contribution < 1.29 is 49.3 Å². The van der Waals surface area contributed by atoms with E-state index in [0.717, 1.165) is 5.57 Å². The normalized spacial score (nSPS) is 27.4. The smallest absolute Gasteiger partial charge is 0.229 e. The zero-order chi connectivity index (χ0) is 28.7. The predicted molar refractivity (Wildman–Crippen MR) is 139 cm³/mol. The molecule has 1 fully saturated rings. The van der Waals surface area contributed by atoms with Crippen LogP contribution in [0.25, 0.3) is 0 Å². The first-order chi connectivity index (χ1) is 19.1. The number of aliphatic hydroxyl groups excluding tert-OH is 4. The molecule has 0 saturated carbocycles. The van der Waals surface area contributed by atoms with E-state index in [2.05, 4.69) is 5.32 Å². The van der Waals surface area contributed by atoms with Crippen molar-refractivity contribution in [3.05, 3.63) is 76.0 Å². The number of carbonyl (C=O) groups excluding carboxylic acids is 2. The molecule has 0 spiro atoms. The van der Waals surface area contributed by atoms with E-state index in [4.69, 9.17) is 19.9 Å². The van der Waals surface area contributed by atoms with Crippen molar-refractivity contribution in [2.75, 3.05) is 13.7 Å². The molecule has 212 valence electrons. The lowest BCUT2D eigenvalue weighted by atomic mass is 9.81. The molecule has 5 rings (SSSR count). The Morgan fingerprint density at radius 1 is 0.975 bits per heavy atom. The Balaban J connectivity index is 1.48. The standard InChI is InChI=1S/C28H30N2O10/c1-38-14-8-16-22(18(9-14)39-28-27(37)26(36)24(34)19(11-31)40-28)25(35)21-15(23(16)33)6-13(7-17(21)32)3-2-12-4-5-20(29)30-10-12/h4-10,19-20,24,26-28,30-32,34,36-37H,2-3,11,29H2,1H3. The van der Waals surface area contributed by atoms with E-state index in [1.807, 2.05) is 12.2 Å². The minimum Gasteiger partial charge on any atom is -0.507 e. The van der Waals surface area contributed by atoms with Gasteiger partial charge in [0, 0.05) is 23.4 Å². The van der Waals surface area contributed by atoms with Crippen molar-refractivity contribution in [2.45, 2.75) is 49.7 Å². The fourth-order valence-electron chi connectivity index (χ4n) is 5.00. The number of nitrogens with two attached hydrogens (primary N) is 1. The Bertz CT molecular complexity index is 1400. The number of aryl methyl sites for hydroxylation is 1. The first kappa shape index (κ1) is 27.8. The van der Waals surface area contributed by atoms with Gasteiger partial charge < -0.3 is 50.8 Å². The van der Waals surface area contributed by atoms with E-state index < -0.39 is 48.9 Å². The Labute approximate surface area is 228 Å². The van der Waals surface area contributed by atoms with Gasteiger partial charge in [0.2, 0.25) is 12.1 Å². The highest BCUT2D eigenvalue weighted by Gasteiger charge is 2.45. The monoisotopic (exact) mass is 554 g/mol. The van der Waals surface area contributed by atoms with Crippen molar-refractivity contribution >= 4 is 11.6 Å². The van der Waals surface area contributed by atoms with Gasteiger partial charge in [0.1, 0.15) is 41.7 Å². The van der Waals surface area contributed by atoms with E-state index in [0.29, 0.717) is 18.4 Å². The van der Waals surface area contributed by atoms with Gasteiger partial charge in [-0.3, -0.25) is 9.59 Å². The van der Waals surface area contributed by atoms with Crippen molar-refractivity contribution in [3.63, 3.8) is 0 Å². The zero-order valence-corrected chi connectivity index (χ0v) is 21.5. The molecule has 8 N–H and O–H groups in total. The number of nitrogens with one attached hydrogen (secondary N) is 1. The lowest BCUT2D eigenvalue weighted by Gasteiger charge is -2.39. The number of ketones is 2. The molecule has 2 heterocycles. The summed E-state index contributed by atoms with van der Waals surface area (Å²) in [6.07, 6.45) is -1.61. The van der Waals surface area contributed by atoms with Gasteiger partial charge in [-0.05, 0) is 48.3 Å². The maximum Gasteiger partial charge on any atom is 0.229 e. The number of hydrogen-bond acceptors (Lipinski definition) is 12. The summed E-state index contributed by atoms with van der Waals surface area (Å²) in [4.78, 5) is 27.4. The summed E-state index contributed by atoms with van der Waals surface area (Å²) in [5.41, 5.74) is 6.96. The van der Waals surface area contributed by atoms with Crippen LogP contribution in [0.4, 0.5) is 0 Å². The van der Waals surface area contributed by atoms with Crippen molar-refractivity contribution in [3.8, 4) is 17.2 Å². The van der Waals surface area contributed by atoms with E-state index in [1.54, 1.807) is 12.3 Å². The molecule has 0 bridgehead atoms. The summed E-state index contributed by atoms with van der Waals surface area (Å²) >= 11 is 0. The summed E-state index contributed by atoms with van der Waals surface area (Å²) in [5.74, 6) is -1.69. The highest BCUT2D eigenvalue weighted by Crippen LogP contribution is 2.41. The summed E-state index contributed by atoms with van der Waals surface area (Å²) in [6.45, 7) is -0.681. The molecule has 2 aromatic rings. The number of fused-ring (bicyclic) bond motifs is 2. The number of aliphatic hydroxyl groups is 4. The van der Waals surface area contributed by atoms with Crippen LogP contribution in [0.15, 0.2) is 48.2 Å². The third kappa shape index (κ3) is 4.96. The Morgan fingerprint density at radius 3 is 2.40 bits per heavy atom. The minimum absolute atomic E-state index is 0.0212. The third-order valence-electron chi connectivity index (χ3n) is 7.20. The number of aromatic hydroxyl groups is 1. The fourth-order valence-corrected chi connectivity index (χ4v) is 5.00. The number of carbonyl (C=O) groups is 2. The van der Waals surface area contributed by atoms with E-state index in [9.17, 15) is 35.1 Å². The van der Waals surface area contributed by atoms with Gasteiger partial charge >= 0.3 is 0 Å². The van der Waals surface area contributed by atoms with Crippen LogP contribution in [-0.2, 0) is 11.2 Å². The van der Waals surface area contributed by atoms with Crippen molar-refractivity contribution in [2.24, 2.45) is 5.73 Å². The molecule has 3 aliphatic rings. The van der Waals surface area contributed by atoms with Crippen LogP contribution in [0.2, 0.25) is 0 Å². The minimum atomic E-state index is -1.75. The van der Waals surface area contributed by atoms with Gasteiger partial charge in [-0.1, -0.05) is 6.08 Å². The van der Waals surface area contributed by atoms with Crippen LogP contribution in [0.1, 0.15) is 43.8 Å². The van der Waals surface area contributed by atoms with Gasteiger partial charge in [0.15, 0.2) is 5.78 Å². The molecular weight excluding hydrogens is 524 g/mol. The predicted octanol–water partition coefficient (Wildman–Crippen LogP) is -0.384. The molecule has 40 heavy (non-hydrogen) atoms. The second-order valence-corrected chi connectivity index (χ2v) is 9.83. The van der Waals surface area contributed by atoms with Gasteiger partial charge in [-0.15, -0.1) is 0 Å². The lowest BCUT2D eigenvalue weighted by molar-refractivity contribution is -0.277. The van der Waals surface area contributed by atoms with Crippen LogP contribution >= 0.6 is 0 Å². The van der Waals surface area contributed by atoms with Crippen LogP contribution < -0.4 is 20.5 Å². The number of benzene rings is 2. The number of phenolic OH excluding ortho intramolecular Hbond substituents is 1. The van der Waals surface area contributed by atoms with E-state index in [1.165, 1.54) is 25.3 Å². The molecule has 1 aliphatic carbocycles. The number of rotatable bonds is 7. The largest absolute Gasteiger partial charge is 0.507 e. The summed E-state index contributed by atoms with van der Waals surface area (Å²) in [5, 5.41) is 54.0. The number of phenols is 1. The summed E-state index contributed by atoms with van der Waals surface area (Å²) in [7, 11) is 1.35. The van der Waals surface area contributed by atoms with Crippen molar-refractivity contribution in [1.82, 2.24) is 5.32 Å². The average molecular weight is 555 g/mol. The molecule has 0 radical (unpaired) electrons. The molecule has 2 aromatic carbocycles. The number of ether oxygens (including phenoxy) is 3. The molecule has 12 heteroatoms. The molecule has 12 nitrogen and oxygen atoms in total. The molecule has 0 aromatic heterocycles. The SMILES string of the molecule is COc1cc(OC2OC(CO)C(O)C(O)C2O)c2c(c1)C(=O)c1cc(CCC3=CNC(N)C=C3)cc(O)c1C2=O. The Morgan fingerprint density at radius 2 is 1.73 bits per heavy atom. The van der Waals surface area contributed by atoms with Gasteiger partial charge in [0.25, 0.3) is 0 Å². The van der Waals surface area contributed by atoms with Crippen LogP contribution in [0, 0.1) is 0 Å². The number of methoxy groups -OCH3 is 1. The topological polar surface area (TPSA) is 201 Å². The van der Waals surface area contributed by atoms with Crippen LogP contribution in [-0.4, -0.2) is 87.7 Å². The fraction of sp³-hybridized carbons (Fsp3) is 0.357. The molecule has 1 saturated heterocycles. The highest BCUT2D eigenvalue weighted by molar-refractivity contribution is 6.30. The Hall–Kier alpha value is -3.78. The average Bonchev–Trinajstić information content (AvgIpc) is 2.95. The lowest BCUT2D eigenvalue weighted by Crippen LogP contribution is -2.60. The number of allylic oxidation sites excluding steroid dienone is 2. The first-order valence-electron chi connectivity index (χ1n) is 12.7. The van der Waals surface area contributed by atoms with Crippen LogP contribution in [0.5, 0.6) is 17.2 Å². The molecule has 6 atom stereocenters. The molecular formula is C28H30N2O10. The molecule has 0 amide bonds. The highest BCUT2D eigenvalue weighted by atomic mass is 16.7. The zero-order valence-electron chi connectivity index (χ0n) is 21.5. The van der Waals surface area contributed by atoms with E-state index in [-0.39, 0.29) is 45.7 Å². The molecule has 6 unspecified atom stereocenters. The Kier molecular flexibility index (Phi) is 7.64. The molecule has 2 aliphatic heterocycles. The quantitative estimate of drug-likeness (QED) is 0.200. The van der Waals surface area contributed by atoms with Gasteiger partial charge in [-0.25, -0.2) is 0 Å². The second-order valence-electron chi connectivity index (χ2n) is 9.83. The van der Waals surface area contributed by atoms with Crippen LogP contribution in [0.3, 0.4) is 0 Å². The van der Waals surface area contributed by atoms with Crippen molar-refractivity contribution in [1.29, 1.82) is 0 Å². The van der Waals surface area contributed by atoms with Gasteiger partial charge in [0.05, 0.1) is 31.0 Å². The van der Waals surface area contributed by atoms with E-state index >= 15 is 0 Å². The third-order valence-corrected chi connectivity index (χ3v) is 7.20. The summed E-state index contributed by atoms with van der Waals surface area (Å²) < 4.78 is 16.5. The number of hydrogen-bond donors (Lipinski definition) is 7. The van der Waals surface area contributed by atoms with Gasteiger partial charge in [-0.2, -0.15) is 0 Å². The second kappa shape index (κ2) is 11.0. The maximum atomic E-state index is 13.7. The maximum absolute atomic E-state index is 13.7.